The van der Waals surface area contributed by atoms with E-state index in [1.165, 1.54) is 81.5 Å². The Morgan fingerprint density at radius 2 is 1.15 bits per heavy atom. The predicted octanol–water partition coefficient (Wildman–Crippen LogP) is 6.85. The summed E-state index contributed by atoms with van der Waals surface area (Å²) >= 11 is 6.48. The lowest BCUT2D eigenvalue weighted by molar-refractivity contribution is -0.182. The van der Waals surface area contributed by atoms with Gasteiger partial charge in [0.15, 0.2) is 0 Å². The van der Waals surface area contributed by atoms with Gasteiger partial charge >= 0.3 is 6.18 Å². The molecule has 8 aliphatic rings. The highest BCUT2D eigenvalue weighted by Crippen LogP contribution is 2.44. The summed E-state index contributed by atoms with van der Waals surface area (Å²) in [5, 5.41) is 11.2. The average Bonchev–Trinajstić information content (AvgIpc) is 1.74. The molecular formula is C78H127ClF3N13O12. The van der Waals surface area contributed by atoms with Crippen molar-refractivity contribution in [2.45, 2.75) is 286 Å². The van der Waals surface area contributed by atoms with Crippen molar-refractivity contribution < 1.29 is 70.7 Å². The number of nitrogens with one attached hydrogen (secondary N) is 4. The summed E-state index contributed by atoms with van der Waals surface area (Å²) in [4.78, 5) is 195. The second-order valence-electron chi connectivity index (χ2n) is 33.5. The van der Waals surface area contributed by atoms with Crippen LogP contribution in [0.2, 0.25) is 0 Å². The van der Waals surface area contributed by atoms with Crippen LogP contribution < -0.4 is 21.3 Å². The summed E-state index contributed by atoms with van der Waals surface area (Å²) in [6.07, 6.45) is 9.01. The van der Waals surface area contributed by atoms with Gasteiger partial charge in [-0.15, -0.1) is 11.6 Å². The molecule has 4 aliphatic heterocycles. The Labute approximate surface area is 638 Å². The number of alkyl halides is 4. The van der Waals surface area contributed by atoms with Crippen LogP contribution in [0.1, 0.15) is 220 Å². The summed E-state index contributed by atoms with van der Waals surface area (Å²) in [6, 6.07) is -9.69. The topological polar surface area (TPSA) is 282 Å². The number of hydrogen-bond acceptors (Lipinski definition) is 13. The molecule has 29 heteroatoms. The fourth-order valence-electron chi connectivity index (χ4n) is 18.3. The smallest absolute Gasteiger partial charge is 0.343 e. The van der Waals surface area contributed by atoms with Gasteiger partial charge < -0.3 is 65.4 Å². The van der Waals surface area contributed by atoms with Crippen molar-refractivity contribution in [2.24, 2.45) is 41.4 Å². The molecule has 4 aliphatic carbocycles. The van der Waals surface area contributed by atoms with Crippen molar-refractivity contribution in [1.29, 1.82) is 0 Å². The lowest BCUT2D eigenvalue weighted by atomic mass is 9.78. The summed E-state index contributed by atoms with van der Waals surface area (Å²) in [6.45, 7) is 8.54. The van der Waals surface area contributed by atoms with Crippen LogP contribution in [0.25, 0.3) is 0 Å². The zero-order valence-corrected chi connectivity index (χ0v) is 66.6. The Balaban J connectivity index is 1.20. The molecule has 8 fully saturated rings. The number of nitrogens with zero attached hydrogens (tertiary/aromatic N) is 9. The number of likely N-dealkylation sites (tertiary alicyclic amines) is 1. The molecule has 107 heavy (non-hydrogen) atoms. The van der Waals surface area contributed by atoms with E-state index in [0.29, 0.717) is 84.0 Å². The van der Waals surface area contributed by atoms with E-state index in [1.54, 1.807) is 18.9 Å². The normalized spacial score (nSPS) is 30.6. The number of halogens is 4. The SMILES string of the molecule is CC[C@H](C)[C@@H]1NC(=O)[C@H](CC(C)C)N(C)C(=O)C[C@@H](C(=O)N2CCCCC2)N(C)C(=O)[C@H](C2CCCCC2)N(C)C(=O)C2(CCCC2)NC(=O)[C@H](CC2CCNCC2)N(C)C(=O)[C@H](CCC2CCC(C(F)(F)F)C(Cl)C2)NC(=O)CN(C)C(=O)[C@H](CC2CCCCC2)N(C)C(=O)[C@@H]2CCN2C(=O)CN(C)C1=O. The van der Waals surface area contributed by atoms with E-state index in [1.807, 2.05) is 20.8 Å². The minimum absolute atomic E-state index is 0.00615. The maximum Gasteiger partial charge on any atom is 0.393 e. The van der Waals surface area contributed by atoms with Gasteiger partial charge in [0.1, 0.15) is 53.9 Å². The van der Waals surface area contributed by atoms with Gasteiger partial charge in [0.25, 0.3) is 0 Å². The first-order valence-electron chi connectivity index (χ1n) is 40.4. The molecule has 0 aromatic rings. The molecule has 12 amide bonds. The van der Waals surface area contributed by atoms with E-state index < -0.39 is 174 Å². The number of rotatable bonds is 13. The summed E-state index contributed by atoms with van der Waals surface area (Å²) in [5.41, 5.74) is -1.59. The molecule has 0 radical (unpaired) electrons. The third kappa shape index (κ3) is 21.8. The number of piperidine rings is 2. The first-order chi connectivity index (χ1) is 50.7. The molecule has 3 unspecified atom stereocenters. The third-order valence-corrected chi connectivity index (χ3v) is 26.0. The van der Waals surface area contributed by atoms with Crippen molar-refractivity contribution in [3.63, 3.8) is 0 Å². The molecule has 4 saturated heterocycles. The Kier molecular flexibility index (Phi) is 31.5. The van der Waals surface area contributed by atoms with Gasteiger partial charge in [0.2, 0.25) is 70.9 Å². The monoisotopic (exact) mass is 1530 g/mol. The van der Waals surface area contributed by atoms with Crippen LogP contribution in [0.4, 0.5) is 13.2 Å². The first-order valence-corrected chi connectivity index (χ1v) is 40.9. The number of fused-ring (bicyclic) bond motifs is 1. The van der Waals surface area contributed by atoms with E-state index in [-0.39, 0.29) is 101 Å². The van der Waals surface area contributed by atoms with Gasteiger partial charge in [-0.1, -0.05) is 98.3 Å². The van der Waals surface area contributed by atoms with Crippen molar-refractivity contribution in [2.75, 3.05) is 95.1 Å². The van der Waals surface area contributed by atoms with Crippen LogP contribution in [-0.2, 0) is 57.5 Å². The fraction of sp³-hybridized carbons (Fsp3) is 0.846. The Morgan fingerprint density at radius 3 is 1.74 bits per heavy atom. The Hall–Kier alpha value is -6.32. The van der Waals surface area contributed by atoms with Crippen molar-refractivity contribution in [1.82, 2.24) is 65.4 Å². The lowest BCUT2D eigenvalue weighted by Crippen LogP contribution is -2.65. The van der Waals surface area contributed by atoms with Crippen LogP contribution in [0.3, 0.4) is 0 Å². The maximum atomic E-state index is 16.1. The molecule has 4 heterocycles. The highest BCUT2D eigenvalue weighted by Gasteiger charge is 2.53. The predicted molar refractivity (Wildman–Crippen MR) is 399 cm³/mol. The zero-order chi connectivity index (χ0) is 78.4. The van der Waals surface area contributed by atoms with Gasteiger partial charge in [-0.25, -0.2) is 0 Å². The maximum absolute atomic E-state index is 16.1. The Morgan fingerprint density at radius 1 is 0.561 bits per heavy atom. The summed E-state index contributed by atoms with van der Waals surface area (Å²) < 4.78 is 42.5. The van der Waals surface area contributed by atoms with E-state index in [9.17, 15) is 32.3 Å². The minimum Gasteiger partial charge on any atom is -0.343 e. The zero-order valence-electron chi connectivity index (χ0n) is 65.8. The van der Waals surface area contributed by atoms with E-state index >= 15 is 38.4 Å². The molecule has 12 atom stereocenters. The minimum atomic E-state index is -4.52. The van der Waals surface area contributed by atoms with Crippen molar-refractivity contribution >= 4 is 82.5 Å². The van der Waals surface area contributed by atoms with Crippen molar-refractivity contribution in [3.8, 4) is 0 Å². The van der Waals surface area contributed by atoms with Crippen LogP contribution >= 0.6 is 11.6 Å². The van der Waals surface area contributed by atoms with E-state index in [4.69, 9.17) is 11.6 Å². The molecule has 4 N–H and O–H groups in total. The number of carbonyl (C=O) groups is 12. The summed E-state index contributed by atoms with van der Waals surface area (Å²) in [5.74, 6) is -10.4. The standard InChI is InChI=1S/C78H127ClF3N13O12/c1-12-50(4)66-74(105)88(6)48-65(98)95-41-34-58(95)72(103)91(9)61(45-51-24-16-13-17-25-51)71(102)87(5)47-63(96)84-57(31-29-52-28-30-55(56(79)43-52)78(80,81)82)70(101)90(8)60(44-53-32-37-83-38-33-53)69(100)86-77(35-20-21-36-77)76(107)93(11)67(54-26-18-14-19-27-54)75(106)92(10)62(73(104)94-39-22-15-23-40-94)46-64(97)89(7)59(42-49(2)3)68(99)85-66/h49-62,66-67,83H,12-48H2,1-11H3,(H,84,96)(H,85,99)(H,86,100)/t50-,52?,55?,56?,57-,58-,59-,60-,61-,62-,66-,67-/m0/s1. The van der Waals surface area contributed by atoms with Gasteiger partial charge in [-0.2, -0.15) is 13.2 Å². The first kappa shape index (κ1) is 86.3. The highest BCUT2D eigenvalue weighted by atomic mass is 35.5. The molecule has 25 nitrogen and oxygen atoms in total. The molecule has 0 aromatic heterocycles. The highest BCUT2D eigenvalue weighted by molar-refractivity contribution is 6.21. The van der Waals surface area contributed by atoms with Crippen LogP contribution in [0, 0.1) is 41.4 Å². The fourth-order valence-corrected chi connectivity index (χ4v) is 18.8. The molecular weight excluding hydrogens is 1400 g/mol. The van der Waals surface area contributed by atoms with Gasteiger partial charge in [0.05, 0.1) is 25.4 Å². The summed E-state index contributed by atoms with van der Waals surface area (Å²) in [7, 11) is 10.3. The number of amides is 12. The van der Waals surface area contributed by atoms with Crippen LogP contribution in [-0.4, -0.2) is 276 Å². The molecule has 8 rings (SSSR count). The average molecular weight is 1530 g/mol. The second kappa shape index (κ2) is 39.0. The van der Waals surface area contributed by atoms with Crippen LogP contribution in [0.15, 0.2) is 0 Å². The largest absolute Gasteiger partial charge is 0.393 e. The number of carbonyl (C=O) groups excluding carboxylic acids is 12. The molecule has 604 valence electrons. The van der Waals surface area contributed by atoms with Gasteiger partial charge in [-0.05, 0) is 164 Å². The molecule has 0 bridgehead atoms. The molecule has 1 spiro atoms. The third-order valence-electron chi connectivity index (χ3n) is 25.5. The molecule has 4 saturated carbocycles. The van der Waals surface area contributed by atoms with Gasteiger partial charge in [-0.3, -0.25) is 57.5 Å². The molecule has 0 aromatic carbocycles. The van der Waals surface area contributed by atoms with Crippen molar-refractivity contribution in [3.05, 3.63) is 0 Å². The quantitative estimate of drug-likeness (QED) is 0.137. The number of hydrogen-bond donors (Lipinski definition) is 4. The van der Waals surface area contributed by atoms with E-state index in [0.717, 1.165) is 57.8 Å². The lowest BCUT2D eigenvalue weighted by Gasteiger charge is -2.44. The van der Waals surface area contributed by atoms with Crippen LogP contribution in [0.5, 0.6) is 0 Å². The van der Waals surface area contributed by atoms with E-state index in [2.05, 4.69) is 21.3 Å². The second-order valence-corrected chi connectivity index (χ2v) is 34.1. The Bertz CT molecular complexity index is 3100. The number of likely N-dealkylation sites (N-methyl/N-ethyl adjacent to an activating group) is 7. The van der Waals surface area contributed by atoms with Gasteiger partial charge in [0, 0.05) is 74.3 Å².